The van der Waals surface area contributed by atoms with E-state index in [1.54, 1.807) is 18.2 Å². The zero-order valence-corrected chi connectivity index (χ0v) is 8.54. The number of carbonyl (C=O) groups is 1. The van der Waals surface area contributed by atoms with Gasteiger partial charge in [0.05, 0.1) is 0 Å². The number of hydrogen-bond acceptors (Lipinski definition) is 2. The van der Waals surface area contributed by atoms with Crippen LogP contribution in [0.1, 0.15) is 23.3 Å². The van der Waals surface area contributed by atoms with Crippen LogP contribution < -0.4 is 5.32 Å². The molecule has 1 saturated carbocycles. The summed E-state index contributed by atoms with van der Waals surface area (Å²) < 4.78 is 0.691. The monoisotopic (exact) mass is 240 g/mol. The number of pyridine rings is 1. The Balaban J connectivity index is 2.09. The second-order valence-electron chi connectivity index (χ2n) is 3.09. The summed E-state index contributed by atoms with van der Waals surface area (Å²) in [6.07, 6.45) is 2.19. The zero-order chi connectivity index (χ0) is 9.26. The highest BCUT2D eigenvalue weighted by Crippen LogP contribution is 2.19. The topological polar surface area (TPSA) is 42.0 Å². The summed E-state index contributed by atoms with van der Waals surface area (Å²) >= 11 is 3.22. The lowest BCUT2D eigenvalue weighted by Crippen LogP contribution is -2.26. The highest BCUT2D eigenvalue weighted by atomic mass is 79.9. The van der Waals surface area contributed by atoms with Crippen molar-refractivity contribution in [2.24, 2.45) is 0 Å². The number of hydrogen-bond donors (Lipinski definition) is 1. The van der Waals surface area contributed by atoms with Gasteiger partial charge >= 0.3 is 0 Å². The summed E-state index contributed by atoms with van der Waals surface area (Å²) in [5, 5.41) is 2.88. The number of carbonyl (C=O) groups excluding carboxylic acids is 1. The molecular formula is C9H9BrN2O. The van der Waals surface area contributed by atoms with E-state index < -0.39 is 0 Å². The minimum Gasteiger partial charge on any atom is -0.348 e. The maximum absolute atomic E-state index is 11.5. The van der Waals surface area contributed by atoms with E-state index in [9.17, 15) is 4.79 Å². The molecule has 0 bridgehead atoms. The first kappa shape index (κ1) is 8.69. The first-order valence-corrected chi connectivity index (χ1v) is 4.98. The van der Waals surface area contributed by atoms with E-state index in [4.69, 9.17) is 0 Å². The van der Waals surface area contributed by atoms with Crippen LogP contribution in [0.3, 0.4) is 0 Å². The largest absolute Gasteiger partial charge is 0.348 e. The van der Waals surface area contributed by atoms with Crippen LogP contribution in [0.5, 0.6) is 0 Å². The fraction of sp³-hybridized carbons (Fsp3) is 0.333. The number of nitrogens with one attached hydrogen (secondary N) is 1. The third kappa shape index (κ3) is 2.28. The Morgan fingerprint density at radius 2 is 2.31 bits per heavy atom. The lowest BCUT2D eigenvalue weighted by molar-refractivity contribution is 0.0946. The first-order valence-electron chi connectivity index (χ1n) is 4.19. The Kier molecular flexibility index (Phi) is 2.31. The summed E-state index contributed by atoms with van der Waals surface area (Å²) in [6, 6.07) is 5.70. The van der Waals surface area contributed by atoms with Gasteiger partial charge in [-0.3, -0.25) is 4.79 Å². The van der Waals surface area contributed by atoms with Crippen molar-refractivity contribution in [3.05, 3.63) is 28.5 Å². The molecule has 1 amide bonds. The van der Waals surface area contributed by atoms with Crippen LogP contribution in [0.15, 0.2) is 22.8 Å². The molecule has 3 nitrogen and oxygen atoms in total. The van der Waals surface area contributed by atoms with Crippen molar-refractivity contribution in [2.75, 3.05) is 0 Å². The van der Waals surface area contributed by atoms with Gasteiger partial charge in [-0.05, 0) is 40.9 Å². The molecule has 0 radical (unpaired) electrons. The molecule has 68 valence electrons. The zero-order valence-electron chi connectivity index (χ0n) is 6.96. The number of nitrogens with zero attached hydrogens (tertiary/aromatic N) is 1. The summed E-state index contributed by atoms with van der Waals surface area (Å²) in [4.78, 5) is 15.5. The van der Waals surface area contributed by atoms with Crippen LogP contribution in [0.2, 0.25) is 0 Å². The Morgan fingerprint density at radius 1 is 1.54 bits per heavy atom. The van der Waals surface area contributed by atoms with Crippen molar-refractivity contribution in [1.29, 1.82) is 0 Å². The van der Waals surface area contributed by atoms with Crippen LogP contribution in [0, 0.1) is 0 Å². The van der Waals surface area contributed by atoms with E-state index in [-0.39, 0.29) is 5.91 Å². The Labute approximate surface area is 84.7 Å². The van der Waals surface area contributed by atoms with E-state index in [2.05, 4.69) is 26.2 Å². The molecule has 1 fully saturated rings. The molecule has 1 aliphatic carbocycles. The van der Waals surface area contributed by atoms with Gasteiger partial charge in [0.1, 0.15) is 10.3 Å². The maximum Gasteiger partial charge on any atom is 0.270 e. The molecule has 1 aliphatic rings. The van der Waals surface area contributed by atoms with Gasteiger partial charge in [-0.25, -0.2) is 4.98 Å². The Bertz CT molecular complexity index is 336. The normalized spacial score (nSPS) is 15.5. The third-order valence-corrected chi connectivity index (χ3v) is 2.30. The van der Waals surface area contributed by atoms with Gasteiger partial charge in [-0.15, -0.1) is 0 Å². The van der Waals surface area contributed by atoms with E-state index in [0.29, 0.717) is 16.3 Å². The van der Waals surface area contributed by atoms with Gasteiger partial charge in [0.15, 0.2) is 0 Å². The van der Waals surface area contributed by atoms with Crippen molar-refractivity contribution < 1.29 is 4.79 Å². The fourth-order valence-electron chi connectivity index (χ4n) is 1.02. The lowest BCUT2D eigenvalue weighted by atomic mass is 10.3. The summed E-state index contributed by atoms with van der Waals surface area (Å²) in [5.74, 6) is -0.0798. The van der Waals surface area contributed by atoms with Gasteiger partial charge in [0.2, 0.25) is 0 Å². The summed E-state index contributed by atoms with van der Waals surface area (Å²) in [5.41, 5.74) is 0.473. The van der Waals surface area contributed by atoms with Crippen LogP contribution in [0.25, 0.3) is 0 Å². The van der Waals surface area contributed by atoms with Crippen LogP contribution in [-0.2, 0) is 0 Å². The minimum atomic E-state index is -0.0798. The van der Waals surface area contributed by atoms with Gasteiger partial charge in [0, 0.05) is 6.04 Å². The molecule has 1 N–H and O–H groups in total. The van der Waals surface area contributed by atoms with Crippen molar-refractivity contribution in [1.82, 2.24) is 10.3 Å². The average Bonchev–Trinajstić information content (AvgIpc) is 2.88. The molecule has 0 atom stereocenters. The second-order valence-corrected chi connectivity index (χ2v) is 3.91. The minimum absolute atomic E-state index is 0.0798. The fourth-order valence-corrected chi connectivity index (χ4v) is 1.37. The molecule has 1 aromatic rings. The molecule has 0 unspecified atom stereocenters. The SMILES string of the molecule is O=C(NC1CC1)c1cccc(Br)n1. The highest BCUT2D eigenvalue weighted by Gasteiger charge is 2.24. The molecule has 1 heterocycles. The first-order chi connectivity index (χ1) is 6.25. The van der Waals surface area contributed by atoms with Crippen molar-refractivity contribution in [3.63, 3.8) is 0 Å². The Morgan fingerprint density at radius 3 is 2.92 bits per heavy atom. The van der Waals surface area contributed by atoms with Gasteiger partial charge in [0.25, 0.3) is 5.91 Å². The predicted molar refractivity (Wildman–Crippen MR) is 52.4 cm³/mol. The molecular weight excluding hydrogens is 232 g/mol. The molecule has 0 saturated heterocycles. The van der Waals surface area contributed by atoms with Gasteiger partial charge in [-0.2, -0.15) is 0 Å². The Hall–Kier alpha value is -0.900. The highest BCUT2D eigenvalue weighted by molar-refractivity contribution is 9.10. The number of amides is 1. The van der Waals surface area contributed by atoms with Crippen molar-refractivity contribution in [2.45, 2.75) is 18.9 Å². The number of halogens is 1. The lowest BCUT2D eigenvalue weighted by Gasteiger charge is -2.01. The van der Waals surface area contributed by atoms with E-state index in [1.807, 2.05) is 0 Å². The predicted octanol–water partition coefficient (Wildman–Crippen LogP) is 1.74. The summed E-state index contributed by atoms with van der Waals surface area (Å²) in [6.45, 7) is 0. The van der Waals surface area contributed by atoms with Crippen LogP contribution in [0.4, 0.5) is 0 Å². The number of rotatable bonds is 2. The third-order valence-electron chi connectivity index (χ3n) is 1.86. The molecule has 1 aromatic heterocycles. The molecule has 13 heavy (non-hydrogen) atoms. The molecule has 0 aliphatic heterocycles. The van der Waals surface area contributed by atoms with Crippen LogP contribution >= 0.6 is 15.9 Å². The second kappa shape index (κ2) is 3.46. The smallest absolute Gasteiger partial charge is 0.270 e. The summed E-state index contributed by atoms with van der Waals surface area (Å²) in [7, 11) is 0. The quantitative estimate of drug-likeness (QED) is 0.801. The molecule has 4 heteroatoms. The van der Waals surface area contributed by atoms with Crippen molar-refractivity contribution >= 4 is 21.8 Å². The number of aromatic nitrogens is 1. The average molecular weight is 241 g/mol. The van der Waals surface area contributed by atoms with E-state index >= 15 is 0 Å². The van der Waals surface area contributed by atoms with Crippen molar-refractivity contribution in [3.8, 4) is 0 Å². The van der Waals surface area contributed by atoms with E-state index in [1.165, 1.54) is 0 Å². The molecule has 2 rings (SSSR count). The standard InChI is InChI=1S/C9H9BrN2O/c10-8-3-1-2-7(12-8)9(13)11-6-4-5-6/h1-3,6H,4-5H2,(H,11,13). The maximum atomic E-state index is 11.5. The van der Waals surface area contributed by atoms with Gasteiger partial charge < -0.3 is 5.32 Å². The molecule has 0 aromatic carbocycles. The van der Waals surface area contributed by atoms with E-state index in [0.717, 1.165) is 12.8 Å². The van der Waals surface area contributed by atoms with Gasteiger partial charge in [-0.1, -0.05) is 6.07 Å². The van der Waals surface area contributed by atoms with Crippen LogP contribution in [-0.4, -0.2) is 16.9 Å². The molecule has 0 spiro atoms.